The maximum Gasteiger partial charge on any atom is 0.332 e. The Morgan fingerprint density at radius 2 is 1.77 bits per heavy atom. The molecule has 2 aromatic carbocycles. The van der Waals surface area contributed by atoms with E-state index in [-0.39, 0.29) is 36.0 Å². The monoisotopic (exact) mass is 478 g/mol. The molecule has 3 N–H and O–H groups in total. The van der Waals surface area contributed by atoms with Crippen LogP contribution in [0.4, 0.5) is 5.95 Å². The van der Waals surface area contributed by atoms with Gasteiger partial charge in [-0.15, -0.1) is 0 Å². The molecule has 0 saturated heterocycles. The Morgan fingerprint density at radius 3 is 2.49 bits per heavy atom. The lowest BCUT2D eigenvalue weighted by molar-refractivity contribution is 0.0938. The minimum atomic E-state index is -1.00. The highest BCUT2D eigenvalue weighted by Gasteiger charge is 2.21. The SMILES string of the molecule is CC(=NNc1nc2c(c(=O)n(C)c(=O)n2C)n1CC(O)COc1ccccc1)c1ccccc1O. The zero-order valence-corrected chi connectivity index (χ0v) is 19.5. The first-order valence-electron chi connectivity index (χ1n) is 10.9. The Bertz CT molecular complexity index is 1500. The van der Waals surface area contributed by atoms with Crippen LogP contribution < -0.4 is 21.4 Å². The number of phenols is 1. The highest BCUT2D eigenvalue weighted by atomic mass is 16.5. The number of aromatic hydroxyl groups is 1. The summed E-state index contributed by atoms with van der Waals surface area (Å²) in [7, 11) is 2.89. The molecule has 2 aromatic heterocycles. The zero-order chi connectivity index (χ0) is 25.1. The summed E-state index contributed by atoms with van der Waals surface area (Å²) in [4.78, 5) is 29.8. The van der Waals surface area contributed by atoms with E-state index in [1.807, 2.05) is 18.2 Å². The Labute approximate surface area is 200 Å². The average Bonchev–Trinajstić information content (AvgIpc) is 3.22. The second kappa shape index (κ2) is 9.85. The standard InChI is InChI=1S/C24H26N6O5/c1-15(18-11-7-8-12-19(18)32)26-27-23-25-21-20(22(33)29(3)24(34)28(21)2)30(23)13-16(31)14-35-17-9-5-4-6-10-17/h4-12,16,31-32H,13-14H2,1-3H3,(H,25,27). The molecular weight excluding hydrogens is 452 g/mol. The number of hydrogen-bond acceptors (Lipinski definition) is 8. The molecule has 11 heteroatoms. The summed E-state index contributed by atoms with van der Waals surface area (Å²) in [5.41, 5.74) is 2.99. The molecule has 0 fully saturated rings. The third-order valence-corrected chi connectivity index (χ3v) is 5.54. The zero-order valence-electron chi connectivity index (χ0n) is 19.5. The van der Waals surface area contributed by atoms with E-state index in [1.54, 1.807) is 43.3 Å². The van der Waals surface area contributed by atoms with Crippen molar-refractivity contribution in [2.24, 2.45) is 19.2 Å². The predicted molar refractivity (Wildman–Crippen MR) is 132 cm³/mol. The number of hydrogen-bond donors (Lipinski definition) is 3. The minimum Gasteiger partial charge on any atom is -0.507 e. The van der Waals surface area contributed by atoms with E-state index in [9.17, 15) is 19.8 Å². The van der Waals surface area contributed by atoms with Gasteiger partial charge >= 0.3 is 5.69 Å². The molecule has 4 aromatic rings. The van der Waals surface area contributed by atoms with Crippen molar-refractivity contribution in [1.29, 1.82) is 0 Å². The molecule has 35 heavy (non-hydrogen) atoms. The van der Waals surface area contributed by atoms with Crippen molar-refractivity contribution in [3.8, 4) is 11.5 Å². The fraction of sp³-hybridized carbons (Fsp3) is 0.250. The van der Waals surface area contributed by atoms with Gasteiger partial charge in [0.2, 0.25) is 5.95 Å². The molecular formula is C24H26N6O5. The maximum atomic E-state index is 13.0. The van der Waals surface area contributed by atoms with Crippen LogP contribution in [0, 0.1) is 0 Å². The van der Waals surface area contributed by atoms with Crippen LogP contribution in [0.15, 0.2) is 69.3 Å². The number of rotatable bonds is 8. The highest BCUT2D eigenvalue weighted by Crippen LogP contribution is 2.19. The Kier molecular flexibility index (Phi) is 6.69. The average molecular weight is 479 g/mol. The summed E-state index contributed by atoms with van der Waals surface area (Å²) in [5.74, 6) is 0.808. The summed E-state index contributed by atoms with van der Waals surface area (Å²) in [5, 5.41) is 25.1. The molecule has 0 saturated carbocycles. The van der Waals surface area contributed by atoms with Crippen molar-refractivity contribution in [1.82, 2.24) is 18.7 Å². The van der Waals surface area contributed by atoms with E-state index in [2.05, 4.69) is 15.5 Å². The largest absolute Gasteiger partial charge is 0.507 e. The van der Waals surface area contributed by atoms with E-state index in [0.717, 1.165) is 4.57 Å². The second-order valence-electron chi connectivity index (χ2n) is 8.03. The van der Waals surface area contributed by atoms with Gasteiger partial charge in [-0.25, -0.2) is 10.2 Å². The van der Waals surface area contributed by atoms with Gasteiger partial charge < -0.3 is 19.5 Å². The van der Waals surface area contributed by atoms with Crippen LogP contribution in [0.5, 0.6) is 11.5 Å². The number of aliphatic hydroxyl groups excluding tert-OH is 1. The first-order valence-corrected chi connectivity index (χ1v) is 10.9. The minimum absolute atomic E-state index is 0.0324. The molecule has 0 aliphatic heterocycles. The van der Waals surface area contributed by atoms with Crippen LogP contribution in [0.25, 0.3) is 11.2 Å². The fourth-order valence-corrected chi connectivity index (χ4v) is 3.66. The van der Waals surface area contributed by atoms with E-state index >= 15 is 0 Å². The molecule has 0 bridgehead atoms. The van der Waals surface area contributed by atoms with Crippen LogP contribution in [0.2, 0.25) is 0 Å². The van der Waals surface area contributed by atoms with Gasteiger partial charge in [-0.05, 0) is 31.2 Å². The lowest BCUT2D eigenvalue weighted by Gasteiger charge is -2.15. The number of nitrogens with zero attached hydrogens (tertiary/aromatic N) is 5. The molecule has 11 nitrogen and oxygen atoms in total. The number of anilines is 1. The molecule has 0 aliphatic rings. The van der Waals surface area contributed by atoms with Crippen LogP contribution >= 0.6 is 0 Å². The van der Waals surface area contributed by atoms with Crippen LogP contribution in [0.1, 0.15) is 12.5 Å². The Balaban J connectivity index is 1.71. The van der Waals surface area contributed by atoms with Gasteiger partial charge in [-0.2, -0.15) is 10.1 Å². The molecule has 2 heterocycles. The molecule has 0 radical (unpaired) electrons. The second-order valence-corrected chi connectivity index (χ2v) is 8.03. The topological polar surface area (TPSA) is 136 Å². The van der Waals surface area contributed by atoms with Crippen molar-refractivity contribution >= 4 is 22.8 Å². The van der Waals surface area contributed by atoms with E-state index in [4.69, 9.17) is 4.74 Å². The lowest BCUT2D eigenvalue weighted by atomic mass is 10.1. The predicted octanol–water partition coefficient (Wildman–Crippen LogP) is 1.42. The van der Waals surface area contributed by atoms with Gasteiger partial charge in [0.05, 0.1) is 12.3 Å². The third-order valence-electron chi connectivity index (χ3n) is 5.54. The quantitative estimate of drug-likeness (QED) is 0.257. The van der Waals surface area contributed by atoms with Gasteiger partial charge in [-0.3, -0.25) is 13.9 Å². The molecule has 1 unspecified atom stereocenters. The van der Waals surface area contributed by atoms with Crippen molar-refractivity contribution in [2.75, 3.05) is 12.0 Å². The van der Waals surface area contributed by atoms with Crippen molar-refractivity contribution in [3.63, 3.8) is 0 Å². The summed E-state index contributed by atoms with van der Waals surface area (Å²) < 4.78 is 9.34. The number of phenolic OH excluding ortho intramolecular Hbond substituents is 1. The summed E-state index contributed by atoms with van der Waals surface area (Å²) in [6, 6.07) is 15.8. The molecule has 4 rings (SSSR count). The molecule has 1 atom stereocenters. The van der Waals surface area contributed by atoms with Crippen molar-refractivity contribution < 1.29 is 14.9 Å². The normalized spacial score (nSPS) is 12.6. The number of aryl methyl sites for hydroxylation is 1. The maximum absolute atomic E-state index is 13.0. The van der Waals surface area contributed by atoms with E-state index in [1.165, 1.54) is 23.2 Å². The lowest BCUT2D eigenvalue weighted by Crippen LogP contribution is -2.38. The fourth-order valence-electron chi connectivity index (χ4n) is 3.66. The molecule has 0 amide bonds. The van der Waals surface area contributed by atoms with Crippen LogP contribution in [-0.2, 0) is 20.6 Å². The summed E-state index contributed by atoms with van der Waals surface area (Å²) in [6.07, 6.45) is -1.00. The first kappa shape index (κ1) is 23.8. The Morgan fingerprint density at radius 1 is 1.09 bits per heavy atom. The summed E-state index contributed by atoms with van der Waals surface area (Å²) >= 11 is 0. The molecule has 0 aliphatic carbocycles. The number of para-hydroxylation sites is 2. The number of nitrogens with one attached hydrogen (secondary N) is 1. The number of benzene rings is 2. The number of fused-ring (bicyclic) bond motifs is 1. The smallest absolute Gasteiger partial charge is 0.332 e. The highest BCUT2D eigenvalue weighted by molar-refractivity contribution is 6.01. The van der Waals surface area contributed by atoms with E-state index in [0.29, 0.717) is 17.0 Å². The molecule has 182 valence electrons. The number of hydrazone groups is 1. The molecule has 0 spiro atoms. The van der Waals surface area contributed by atoms with Crippen molar-refractivity contribution in [3.05, 3.63) is 81.0 Å². The van der Waals surface area contributed by atoms with Gasteiger partial charge in [0.1, 0.15) is 24.2 Å². The van der Waals surface area contributed by atoms with Crippen LogP contribution in [0.3, 0.4) is 0 Å². The van der Waals surface area contributed by atoms with Crippen LogP contribution in [-0.4, -0.2) is 47.3 Å². The number of ether oxygens (including phenoxy) is 1. The number of aromatic nitrogens is 4. The third kappa shape index (κ3) is 4.80. The van der Waals surface area contributed by atoms with Gasteiger partial charge in [0.25, 0.3) is 5.56 Å². The van der Waals surface area contributed by atoms with E-state index < -0.39 is 17.4 Å². The van der Waals surface area contributed by atoms with Crippen molar-refractivity contribution in [2.45, 2.75) is 19.6 Å². The van der Waals surface area contributed by atoms with Gasteiger partial charge in [-0.1, -0.05) is 30.3 Å². The Hall–Kier alpha value is -4.38. The number of aliphatic hydroxyl groups is 1. The summed E-state index contributed by atoms with van der Waals surface area (Å²) in [6.45, 7) is 1.62. The number of imidazole rings is 1. The van der Waals surface area contributed by atoms with Gasteiger partial charge in [0, 0.05) is 19.7 Å². The first-order chi connectivity index (χ1) is 16.8. The van der Waals surface area contributed by atoms with Gasteiger partial charge in [0.15, 0.2) is 11.2 Å².